The van der Waals surface area contributed by atoms with Crippen molar-refractivity contribution in [1.29, 1.82) is 0 Å². The molecule has 0 fully saturated rings. The van der Waals surface area contributed by atoms with Crippen LogP contribution in [-0.4, -0.2) is 0 Å². The molecule has 0 amide bonds. The van der Waals surface area contributed by atoms with Crippen molar-refractivity contribution in [3.63, 3.8) is 0 Å². The number of rotatable bonds is 10. The first-order chi connectivity index (χ1) is 32.3. The van der Waals surface area contributed by atoms with Crippen molar-refractivity contribution in [3.05, 3.63) is 273 Å². The molecule has 0 saturated carbocycles. The van der Waals surface area contributed by atoms with Gasteiger partial charge >= 0.3 is 0 Å². The SMILES string of the molecule is c1ccc(-c2ccc(-c3ccccc3N(c3ccc(-c4cccc5ccccc45)cc3)c3cccc(-c4cccc(-c5ccccc5)c4-c4ccccc4-c4ccccc4)c3)cc2)cc1. The molecule has 65 heavy (non-hydrogen) atoms. The van der Waals surface area contributed by atoms with Crippen LogP contribution in [0.2, 0.25) is 0 Å². The second kappa shape index (κ2) is 17.7. The van der Waals surface area contributed by atoms with Crippen molar-refractivity contribution in [2.45, 2.75) is 0 Å². The number of hydrogen-bond donors (Lipinski definition) is 0. The van der Waals surface area contributed by atoms with Crippen LogP contribution in [0.25, 0.3) is 88.7 Å². The van der Waals surface area contributed by atoms with Crippen molar-refractivity contribution >= 4 is 27.8 Å². The molecule has 1 heteroatoms. The summed E-state index contributed by atoms with van der Waals surface area (Å²) in [6.07, 6.45) is 0. The van der Waals surface area contributed by atoms with Crippen molar-refractivity contribution in [3.8, 4) is 77.9 Å². The molecule has 0 bridgehead atoms. The van der Waals surface area contributed by atoms with E-state index in [-0.39, 0.29) is 0 Å². The lowest BCUT2D eigenvalue weighted by molar-refractivity contribution is 1.28. The zero-order valence-electron chi connectivity index (χ0n) is 35.9. The molecular weight excluding hydrogens is 783 g/mol. The summed E-state index contributed by atoms with van der Waals surface area (Å²) in [5.41, 5.74) is 19.9. The molecule has 0 heterocycles. The summed E-state index contributed by atoms with van der Waals surface area (Å²) in [5, 5.41) is 2.49. The summed E-state index contributed by atoms with van der Waals surface area (Å²) in [4.78, 5) is 2.43. The highest BCUT2D eigenvalue weighted by atomic mass is 15.1. The van der Waals surface area contributed by atoms with Gasteiger partial charge in [0.1, 0.15) is 0 Å². The number of para-hydroxylation sites is 1. The van der Waals surface area contributed by atoms with E-state index in [0.29, 0.717) is 0 Å². The smallest absolute Gasteiger partial charge is 0.0540 e. The average Bonchev–Trinajstić information content (AvgIpc) is 3.40. The highest BCUT2D eigenvalue weighted by Gasteiger charge is 2.21. The van der Waals surface area contributed by atoms with Crippen molar-refractivity contribution in [1.82, 2.24) is 0 Å². The lowest BCUT2D eigenvalue weighted by Gasteiger charge is -2.29. The maximum atomic E-state index is 2.43. The molecule has 11 aromatic carbocycles. The molecule has 0 aromatic heterocycles. The Bertz CT molecular complexity index is 3390. The predicted octanol–water partition coefficient (Wildman–Crippen LogP) is 18.0. The second-order valence-electron chi connectivity index (χ2n) is 16.4. The van der Waals surface area contributed by atoms with Crippen molar-refractivity contribution in [2.24, 2.45) is 0 Å². The maximum absolute atomic E-state index is 2.43. The zero-order chi connectivity index (χ0) is 43.4. The van der Waals surface area contributed by atoms with Gasteiger partial charge in [-0.3, -0.25) is 0 Å². The first-order valence-electron chi connectivity index (χ1n) is 22.3. The van der Waals surface area contributed by atoms with E-state index in [2.05, 4.69) is 278 Å². The minimum atomic E-state index is 1.07. The summed E-state index contributed by atoms with van der Waals surface area (Å²) in [6, 6.07) is 98.9. The van der Waals surface area contributed by atoms with Gasteiger partial charge in [0.15, 0.2) is 0 Å². The van der Waals surface area contributed by atoms with Crippen LogP contribution < -0.4 is 4.90 Å². The van der Waals surface area contributed by atoms with Crippen molar-refractivity contribution < 1.29 is 0 Å². The van der Waals surface area contributed by atoms with Crippen LogP contribution in [0.5, 0.6) is 0 Å². The standard InChI is InChI=1S/C64H45N/c1-4-19-46(20-5-1)47-37-39-52(40-38-47)59-31-14-15-36-63(59)65(54-43-41-51(42-44-54)57-33-17-26-49-25-10-11-29-56(49)57)55-28-16-27-53(45-55)61-35-18-34-60(50-23-8-3-9-24-50)64(61)62-32-13-12-30-58(62)48-21-6-2-7-22-48/h1-45H. The number of hydrogen-bond acceptors (Lipinski definition) is 1. The van der Waals surface area contributed by atoms with Crippen LogP contribution in [0.3, 0.4) is 0 Å². The van der Waals surface area contributed by atoms with Gasteiger partial charge in [0.2, 0.25) is 0 Å². The Labute approximate surface area is 381 Å². The van der Waals surface area contributed by atoms with Gasteiger partial charge < -0.3 is 4.90 Å². The summed E-state index contributed by atoms with van der Waals surface area (Å²) in [7, 11) is 0. The largest absolute Gasteiger partial charge is 0.310 e. The van der Waals surface area contributed by atoms with Gasteiger partial charge in [-0.1, -0.05) is 243 Å². The molecule has 0 spiro atoms. The average molecular weight is 828 g/mol. The van der Waals surface area contributed by atoms with Crippen LogP contribution in [0.15, 0.2) is 273 Å². The van der Waals surface area contributed by atoms with Crippen LogP contribution in [0, 0.1) is 0 Å². The lowest BCUT2D eigenvalue weighted by Crippen LogP contribution is -2.11. The minimum absolute atomic E-state index is 1.07. The molecule has 1 nitrogen and oxygen atoms in total. The quantitative estimate of drug-likeness (QED) is 0.133. The van der Waals surface area contributed by atoms with E-state index in [9.17, 15) is 0 Å². The van der Waals surface area contributed by atoms with E-state index < -0.39 is 0 Å². The van der Waals surface area contributed by atoms with E-state index in [4.69, 9.17) is 0 Å². The molecule has 0 saturated heterocycles. The van der Waals surface area contributed by atoms with Crippen LogP contribution in [0.4, 0.5) is 17.1 Å². The number of anilines is 3. The molecule has 0 aliphatic carbocycles. The third-order valence-electron chi connectivity index (χ3n) is 12.5. The Kier molecular flexibility index (Phi) is 10.7. The van der Waals surface area contributed by atoms with Crippen LogP contribution in [0.1, 0.15) is 0 Å². The van der Waals surface area contributed by atoms with Gasteiger partial charge in [-0.25, -0.2) is 0 Å². The molecule has 0 aliphatic rings. The fourth-order valence-electron chi connectivity index (χ4n) is 9.40. The maximum Gasteiger partial charge on any atom is 0.0540 e. The van der Waals surface area contributed by atoms with E-state index >= 15 is 0 Å². The van der Waals surface area contributed by atoms with Crippen LogP contribution in [-0.2, 0) is 0 Å². The molecular formula is C64H45N. The van der Waals surface area contributed by atoms with Gasteiger partial charge in [-0.2, -0.15) is 0 Å². The van der Waals surface area contributed by atoms with Crippen molar-refractivity contribution in [2.75, 3.05) is 4.90 Å². The second-order valence-corrected chi connectivity index (χ2v) is 16.4. The summed E-state index contributed by atoms with van der Waals surface area (Å²) >= 11 is 0. The molecule has 0 N–H and O–H groups in total. The minimum Gasteiger partial charge on any atom is -0.310 e. The third-order valence-corrected chi connectivity index (χ3v) is 12.5. The van der Waals surface area contributed by atoms with E-state index in [0.717, 1.165) is 33.8 Å². The highest BCUT2D eigenvalue weighted by molar-refractivity contribution is 6.01. The summed E-state index contributed by atoms with van der Waals surface area (Å²) in [6.45, 7) is 0. The van der Waals surface area contributed by atoms with Gasteiger partial charge in [0.25, 0.3) is 0 Å². The molecule has 11 aromatic rings. The van der Waals surface area contributed by atoms with E-state index in [1.54, 1.807) is 0 Å². The fourth-order valence-corrected chi connectivity index (χ4v) is 9.40. The molecule has 0 atom stereocenters. The van der Waals surface area contributed by atoms with Gasteiger partial charge in [-0.15, -0.1) is 0 Å². The topological polar surface area (TPSA) is 3.24 Å². The first kappa shape index (κ1) is 39.3. The summed E-state index contributed by atoms with van der Waals surface area (Å²) < 4.78 is 0. The zero-order valence-corrected chi connectivity index (χ0v) is 35.9. The van der Waals surface area contributed by atoms with E-state index in [1.807, 2.05) is 0 Å². The lowest BCUT2D eigenvalue weighted by atomic mass is 9.84. The molecule has 0 unspecified atom stereocenters. The number of benzene rings is 11. The molecule has 0 aliphatic heterocycles. The van der Waals surface area contributed by atoms with Gasteiger partial charge in [0, 0.05) is 16.9 Å². The Morgan fingerprint density at radius 3 is 1.35 bits per heavy atom. The normalized spacial score (nSPS) is 11.1. The highest BCUT2D eigenvalue weighted by Crippen LogP contribution is 2.47. The Balaban J connectivity index is 1.09. The van der Waals surface area contributed by atoms with Gasteiger partial charge in [0.05, 0.1) is 5.69 Å². The number of nitrogens with zero attached hydrogens (tertiary/aromatic N) is 1. The Morgan fingerprint density at radius 2 is 0.631 bits per heavy atom. The molecule has 0 radical (unpaired) electrons. The Hall–Kier alpha value is -8.52. The predicted molar refractivity (Wildman–Crippen MR) is 277 cm³/mol. The summed E-state index contributed by atoms with van der Waals surface area (Å²) in [5.74, 6) is 0. The molecule has 11 rings (SSSR count). The number of fused-ring (bicyclic) bond motifs is 1. The Morgan fingerprint density at radius 1 is 0.215 bits per heavy atom. The van der Waals surface area contributed by atoms with E-state index in [1.165, 1.54) is 72.0 Å². The third kappa shape index (κ3) is 7.82. The first-order valence-corrected chi connectivity index (χ1v) is 22.3. The van der Waals surface area contributed by atoms with Crippen LogP contribution >= 0.6 is 0 Å². The monoisotopic (exact) mass is 827 g/mol. The fraction of sp³-hybridized carbons (Fsp3) is 0. The molecule has 306 valence electrons. The van der Waals surface area contributed by atoms with Gasteiger partial charge in [-0.05, 0) is 113 Å².